The highest BCUT2D eigenvalue weighted by molar-refractivity contribution is 7.99. The first kappa shape index (κ1) is 12.2. The van der Waals surface area contributed by atoms with Gasteiger partial charge in [0.2, 0.25) is 0 Å². The predicted octanol–water partition coefficient (Wildman–Crippen LogP) is 2.83. The van der Waals surface area contributed by atoms with Crippen LogP contribution >= 0.6 is 11.8 Å². The lowest BCUT2D eigenvalue weighted by Crippen LogP contribution is -2.10. The molecule has 0 amide bonds. The van der Waals surface area contributed by atoms with Crippen LogP contribution in [0.25, 0.3) is 0 Å². The average Bonchev–Trinajstić information content (AvgIpc) is 2.17. The molecular weight excluding hydrogens is 216 g/mol. The summed E-state index contributed by atoms with van der Waals surface area (Å²) in [6.45, 7) is 4.53. The van der Waals surface area contributed by atoms with Crippen LogP contribution in [-0.2, 0) is 0 Å². The molecule has 0 saturated heterocycles. The number of thioether (sulfide) groups is 1. The van der Waals surface area contributed by atoms with E-state index in [0.717, 1.165) is 11.6 Å². The van der Waals surface area contributed by atoms with E-state index < -0.39 is 11.6 Å². The zero-order chi connectivity index (χ0) is 11.3. The van der Waals surface area contributed by atoms with Crippen LogP contribution in [0.2, 0.25) is 0 Å². The van der Waals surface area contributed by atoms with Crippen LogP contribution < -0.4 is 5.32 Å². The molecule has 0 spiro atoms. The van der Waals surface area contributed by atoms with Crippen molar-refractivity contribution in [2.24, 2.45) is 0 Å². The zero-order valence-corrected chi connectivity index (χ0v) is 9.33. The van der Waals surface area contributed by atoms with E-state index in [4.69, 9.17) is 0 Å². The van der Waals surface area contributed by atoms with Crippen LogP contribution in [0.4, 0.5) is 8.78 Å². The van der Waals surface area contributed by atoms with E-state index >= 15 is 0 Å². The van der Waals surface area contributed by atoms with Crippen molar-refractivity contribution >= 4 is 11.8 Å². The molecule has 1 aromatic carbocycles. The molecule has 0 aliphatic rings. The fourth-order valence-electron chi connectivity index (χ4n) is 1.07. The number of halogens is 2. The average molecular weight is 229 g/mol. The molecule has 4 heteroatoms. The monoisotopic (exact) mass is 229 g/mol. The van der Waals surface area contributed by atoms with Gasteiger partial charge in [0.1, 0.15) is 11.6 Å². The number of rotatable bonds is 5. The lowest BCUT2D eigenvalue weighted by molar-refractivity contribution is 0.566. The van der Waals surface area contributed by atoms with Crippen molar-refractivity contribution in [3.05, 3.63) is 42.0 Å². The van der Waals surface area contributed by atoms with Crippen LogP contribution in [0.15, 0.2) is 35.2 Å². The molecule has 0 saturated carbocycles. The molecule has 0 bridgehead atoms. The summed E-state index contributed by atoms with van der Waals surface area (Å²) in [6, 6.07) is 3.59. The predicted molar refractivity (Wildman–Crippen MR) is 60.1 cm³/mol. The van der Waals surface area contributed by atoms with Crippen molar-refractivity contribution in [3.63, 3.8) is 0 Å². The Hall–Kier alpha value is -0.870. The minimum atomic E-state index is -0.550. The third-order valence-electron chi connectivity index (χ3n) is 1.75. The van der Waals surface area contributed by atoms with Gasteiger partial charge in [-0.3, -0.25) is 0 Å². The summed E-state index contributed by atoms with van der Waals surface area (Å²) < 4.78 is 25.8. The Morgan fingerprint density at radius 2 is 2.20 bits per heavy atom. The molecule has 1 N–H and O–H groups in total. The molecule has 0 fully saturated rings. The largest absolute Gasteiger partial charge is 0.316 e. The van der Waals surface area contributed by atoms with Gasteiger partial charge < -0.3 is 5.32 Å². The molecule has 0 unspecified atom stereocenters. The van der Waals surface area contributed by atoms with E-state index in [1.165, 1.54) is 23.9 Å². The molecule has 0 aliphatic carbocycles. The molecule has 0 radical (unpaired) electrons. The van der Waals surface area contributed by atoms with E-state index in [1.807, 2.05) is 7.05 Å². The van der Waals surface area contributed by atoms with Gasteiger partial charge in [0, 0.05) is 23.3 Å². The summed E-state index contributed by atoms with van der Waals surface area (Å²) in [5.41, 5.74) is 0.978. The number of likely N-dealkylation sites (N-methyl/N-ethyl adjacent to an activating group) is 1. The molecule has 1 nitrogen and oxygen atoms in total. The molecule has 0 aromatic heterocycles. The third kappa shape index (κ3) is 4.01. The topological polar surface area (TPSA) is 12.0 Å². The summed E-state index contributed by atoms with van der Waals surface area (Å²) in [4.78, 5) is 0.452. The maximum absolute atomic E-state index is 13.2. The third-order valence-corrected chi connectivity index (χ3v) is 2.95. The van der Waals surface area contributed by atoms with Crippen molar-refractivity contribution < 1.29 is 8.78 Å². The van der Waals surface area contributed by atoms with Gasteiger partial charge in [0.05, 0.1) is 0 Å². The Kier molecular flexibility index (Phi) is 4.78. The molecule has 0 heterocycles. The van der Waals surface area contributed by atoms with Crippen LogP contribution in [0.1, 0.15) is 0 Å². The molecular formula is C11H13F2NS. The quantitative estimate of drug-likeness (QED) is 0.615. The standard InChI is InChI=1S/C11H13F2NS/c1-8(6-14-2)7-15-11-4-3-9(12)5-10(11)13/h3-5,14H,1,6-7H2,2H3. The number of hydrogen-bond donors (Lipinski definition) is 1. The number of benzene rings is 1. The first-order valence-electron chi connectivity index (χ1n) is 4.52. The Labute approximate surface area is 92.6 Å². The second-order valence-corrected chi connectivity index (χ2v) is 4.16. The molecule has 0 aliphatic heterocycles. The van der Waals surface area contributed by atoms with E-state index in [0.29, 0.717) is 17.2 Å². The van der Waals surface area contributed by atoms with Gasteiger partial charge in [0.15, 0.2) is 0 Å². The summed E-state index contributed by atoms with van der Waals surface area (Å²) in [6.07, 6.45) is 0. The Morgan fingerprint density at radius 1 is 1.47 bits per heavy atom. The lowest BCUT2D eigenvalue weighted by atomic mass is 10.3. The van der Waals surface area contributed by atoms with Gasteiger partial charge in [-0.05, 0) is 19.2 Å². The minimum absolute atomic E-state index is 0.452. The first-order valence-corrected chi connectivity index (χ1v) is 5.51. The van der Waals surface area contributed by atoms with Gasteiger partial charge in [-0.15, -0.1) is 11.8 Å². The molecule has 0 atom stereocenters. The van der Waals surface area contributed by atoms with Gasteiger partial charge in [-0.1, -0.05) is 12.2 Å². The van der Waals surface area contributed by atoms with Gasteiger partial charge in [-0.25, -0.2) is 8.78 Å². The fourth-order valence-corrected chi connectivity index (χ4v) is 1.90. The summed E-state index contributed by atoms with van der Waals surface area (Å²) in [7, 11) is 1.83. The molecule has 1 aromatic rings. The minimum Gasteiger partial charge on any atom is -0.316 e. The number of hydrogen-bond acceptors (Lipinski definition) is 2. The summed E-state index contributed by atoms with van der Waals surface area (Å²) >= 11 is 1.32. The molecule has 82 valence electrons. The highest BCUT2D eigenvalue weighted by atomic mass is 32.2. The highest BCUT2D eigenvalue weighted by Crippen LogP contribution is 2.23. The van der Waals surface area contributed by atoms with Crippen molar-refractivity contribution in [1.82, 2.24) is 5.32 Å². The molecule has 15 heavy (non-hydrogen) atoms. The van der Waals surface area contributed by atoms with E-state index in [-0.39, 0.29) is 0 Å². The maximum atomic E-state index is 13.2. The second kappa shape index (κ2) is 5.88. The Morgan fingerprint density at radius 3 is 2.80 bits per heavy atom. The van der Waals surface area contributed by atoms with Crippen LogP contribution in [-0.4, -0.2) is 19.3 Å². The first-order chi connectivity index (χ1) is 7.13. The zero-order valence-electron chi connectivity index (χ0n) is 8.52. The van der Waals surface area contributed by atoms with E-state index in [1.54, 1.807) is 0 Å². The SMILES string of the molecule is C=C(CNC)CSc1ccc(F)cc1F. The summed E-state index contributed by atoms with van der Waals surface area (Å²) in [5.74, 6) is -0.438. The van der Waals surface area contributed by atoms with Crippen LogP contribution in [0, 0.1) is 11.6 Å². The van der Waals surface area contributed by atoms with Gasteiger partial charge >= 0.3 is 0 Å². The van der Waals surface area contributed by atoms with Crippen LogP contribution in [0.3, 0.4) is 0 Å². The Balaban J connectivity index is 2.54. The van der Waals surface area contributed by atoms with E-state index in [9.17, 15) is 8.78 Å². The van der Waals surface area contributed by atoms with Gasteiger partial charge in [0.25, 0.3) is 0 Å². The Bertz CT molecular complexity index is 352. The van der Waals surface area contributed by atoms with Crippen molar-refractivity contribution in [3.8, 4) is 0 Å². The van der Waals surface area contributed by atoms with Crippen molar-refractivity contribution in [1.29, 1.82) is 0 Å². The summed E-state index contributed by atoms with van der Waals surface area (Å²) in [5, 5.41) is 2.96. The maximum Gasteiger partial charge on any atom is 0.139 e. The normalized spacial score (nSPS) is 10.3. The molecule has 1 rings (SSSR count). The van der Waals surface area contributed by atoms with Crippen molar-refractivity contribution in [2.75, 3.05) is 19.3 Å². The highest BCUT2D eigenvalue weighted by Gasteiger charge is 2.04. The van der Waals surface area contributed by atoms with Crippen molar-refractivity contribution in [2.45, 2.75) is 4.90 Å². The fraction of sp³-hybridized carbons (Fsp3) is 0.273. The van der Waals surface area contributed by atoms with Crippen LogP contribution in [0.5, 0.6) is 0 Å². The van der Waals surface area contributed by atoms with Gasteiger partial charge in [-0.2, -0.15) is 0 Å². The smallest absolute Gasteiger partial charge is 0.139 e. The second-order valence-electron chi connectivity index (χ2n) is 3.14. The number of nitrogens with one attached hydrogen (secondary N) is 1. The lowest BCUT2D eigenvalue weighted by Gasteiger charge is -2.05. The van der Waals surface area contributed by atoms with E-state index in [2.05, 4.69) is 11.9 Å².